The fraction of sp³-hybridized carbons (Fsp3) is 0.190. The van der Waals surface area contributed by atoms with Crippen molar-refractivity contribution in [2.24, 2.45) is 0 Å². The highest BCUT2D eigenvalue weighted by Gasteiger charge is 2.34. The molecule has 0 bridgehead atoms. The number of pyridine rings is 1. The van der Waals surface area contributed by atoms with Gasteiger partial charge in [-0.3, -0.25) is 9.78 Å². The van der Waals surface area contributed by atoms with Gasteiger partial charge in [0.25, 0.3) is 5.91 Å². The second-order valence-corrected chi connectivity index (χ2v) is 6.96. The molecule has 2 aromatic carbocycles. The van der Waals surface area contributed by atoms with Crippen molar-refractivity contribution in [1.82, 2.24) is 4.98 Å². The number of fused-ring (bicyclic) bond motifs is 1. The Morgan fingerprint density at radius 2 is 1.83 bits per heavy atom. The van der Waals surface area contributed by atoms with Gasteiger partial charge in [0, 0.05) is 10.4 Å². The number of hydrogen-bond acceptors (Lipinski definition) is 4. The topological polar surface area (TPSA) is 68.3 Å². The van der Waals surface area contributed by atoms with Crippen LogP contribution in [-0.4, -0.2) is 23.5 Å². The van der Waals surface area contributed by atoms with Crippen LogP contribution >= 0.6 is 11.6 Å². The van der Waals surface area contributed by atoms with Crippen LogP contribution in [0.5, 0.6) is 0 Å². The van der Waals surface area contributed by atoms with Crippen LogP contribution in [0, 0.1) is 13.8 Å². The minimum Gasteiger partial charge on any atom is -0.452 e. The maximum Gasteiger partial charge on any atom is 0.418 e. The van der Waals surface area contributed by atoms with Crippen LogP contribution in [0.3, 0.4) is 0 Å². The van der Waals surface area contributed by atoms with E-state index in [1.165, 1.54) is 6.07 Å². The number of rotatable bonds is 4. The molecule has 0 spiro atoms. The fourth-order valence-electron chi connectivity index (χ4n) is 3.08. The number of aryl methyl sites for hydroxylation is 2. The normalized spacial score (nSPS) is 11.4. The van der Waals surface area contributed by atoms with Gasteiger partial charge in [-0.25, -0.2) is 4.79 Å². The number of hydrogen-bond donors (Lipinski definition) is 1. The van der Waals surface area contributed by atoms with Gasteiger partial charge in [-0.15, -0.1) is 0 Å². The Morgan fingerprint density at radius 1 is 1.13 bits per heavy atom. The standard InChI is InChI=1S/C21H16ClF3N2O3/c1-11-14-5-3-4-6-16(14)26-12(2)19(11)20(29)30-10-18(28)27-17-8-7-13(22)9-15(17)21(23,24)25/h3-9H,10H2,1-2H3,(H,27,28). The maximum absolute atomic E-state index is 13.1. The number of para-hydroxylation sites is 1. The van der Waals surface area contributed by atoms with Crippen molar-refractivity contribution in [3.05, 3.63) is 69.9 Å². The molecule has 0 atom stereocenters. The summed E-state index contributed by atoms with van der Waals surface area (Å²) in [5.74, 6) is -1.70. The Bertz CT molecular complexity index is 1150. The molecular formula is C21H16ClF3N2O3. The monoisotopic (exact) mass is 436 g/mol. The number of anilines is 1. The second-order valence-electron chi connectivity index (χ2n) is 6.53. The number of ether oxygens (including phenoxy) is 1. The van der Waals surface area contributed by atoms with Gasteiger partial charge >= 0.3 is 12.1 Å². The van der Waals surface area contributed by atoms with E-state index in [4.69, 9.17) is 16.3 Å². The van der Waals surface area contributed by atoms with Crippen molar-refractivity contribution in [1.29, 1.82) is 0 Å². The number of benzene rings is 2. The molecule has 1 heterocycles. The lowest BCUT2D eigenvalue weighted by atomic mass is 10.0. The zero-order chi connectivity index (χ0) is 22.1. The number of nitrogens with one attached hydrogen (secondary N) is 1. The molecule has 1 amide bonds. The first kappa shape index (κ1) is 21.6. The summed E-state index contributed by atoms with van der Waals surface area (Å²) in [6.45, 7) is 2.61. The van der Waals surface area contributed by atoms with Crippen molar-refractivity contribution in [3.8, 4) is 0 Å². The Balaban J connectivity index is 1.75. The van der Waals surface area contributed by atoms with Crippen LogP contribution in [0.2, 0.25) is 5.02 Å². The molecule has 156 valence electrons. The average Bonchev–Trinajstić information content (AvgIpc) is 2.67. The number of alkyl halides is 3. The van der Waals surface area contributed by atoms with E-state index in [0.717, 1.165) is 11.5 Å². The molecule has 5 nitrogen and oxygen atoms in total. The Labute approximate surface area is 174 Å². The van der Waals surface area contributed by atoms with Crippen molar-refractivity contribution in [3.63, 3.8) is 0 Å². The van der Waals surface area contributed by atoms with E-state index in [1.807, 2.05) is 12.1 Å². The Morgan fingerprint density at radius 3 is 2.53 bits per heavy atom. The minimum absolute atomic E-state index is 0.124. The first-order valence-electron chi connectivity index (χ1n) is 8.77. The molecule has 0 aliphatic rings. The van der Waals surface area contributed by atoms with Crippen LogP contribution in [-0.2, 0) is 15.7 Å². The molecule has 9 heteroatoms. The van der Waals surface area contributed by atoms with Crippen LogP contribution in [0.1, 0.15) is 27.2 Å². The highest BCUT2D eigenvalue weighted by Crippen LogP contribution is 2.36. The summed E-state index contributed by atoms with van der Waals surface area (Å²) in [6.07, 6.45) is -4.71. The lowest BCUT2D eigenvalue weighted by Gasteiger charge is -2.15. The van der Waals surface area contributed by atoms with E-state index in [1.54, 1.807) is 26.0 Å². The van der Waals surface area contributed by atoms with Gasteiger partial charge in [-0.05, 0) is 43.7 Å². The largest absolute Gasteiger partial charge is 0.452 e. The smallest absolute Gasteiger partial charge is 0.418 e. The molecule has 0 aliphatic carbocycles. The van der Waals surface area contributed by atoms with Crippen LogP contribution in [0.15, 0.2) is 42.5 Å². The molecule has 0 fully saturated rings. The molecular weight excluding hydrogens is 421 g/mol. The van der Waals surface area contributed by atoms with Crippen molar-refractivity contribution >= 4 is 40.1 Å². The van der Waals surface area contributed by atoms with Crippen molar-refractivity contribution in [2.75, 3.05) is 11.9 Å². The zero-order valence-electron chi connectivity index (χ0n) is 15.9. The highest BCUT2D eigenvalue weighted by molar-refractivity contribution is 6.30. The summed E-state index contributed by atoms with van der Waals surface area (Å²) in [6, 6.07) is 10.2. The average molecular weight is 437 g/mol. The number of halogens is 4. The van der Waals surface area contributed by atoms with E-state index < -0.39 is 35.9 Å². The van der Waals surface area contributed by atoms with Crippen LogP contribution < -0.4 is 5.32 Å². The summed E-state index contributed by atoms with van der Waals surface area (Å²) >= 11 is 5.61. The number of esters is 1. The third kappa shape index (κ3) is 4.54. The van der Waals surface area contributed by atoms with E-state index in [9.17, 15) is 22.8 Å². The zero-order valence-corrected chi connectivity index (χ0v) is 16.7. The van der Waals surface area contributed by atoms with Gasteiger partial charge in [-0.1, -0.05) is 29.8 Å². The van der Waals surface area contributed by atoms with Crippen LogP contribution in [0.25, 0.3) is 10.9 Å². The van der Waals surface area contributed by atoms with Gasteiger partial charge in [0.05, 0.1) is 28.0 Å². The molecule has 0 aliphatic heterocycles. The van der Waals surface area contributed by atoms with Crippen molar-refractivity contribution < 1.29 is 27.5 Å². The Hall–Kier alpha value is -3.13. The quantitative estimate of drug-likeness (QED) is 0.562. The third-order valence-electron chi connectivity index (χ3n) is 4.43. The number of nitrogens with zero attached hydrogens (tertiary/aromatic N) is 1. The third-order valence-corrected chi connectivity index (χ3v) is 4.67. The van der Waals surface area contributed by atoms with E-state index in [-0.39, 0.29) is 10.6 Å². The Kier molecular flexibility index (Phi) is 5.98. The number of amides is 1. The van der Waals surface area contributed by atoms with Crippen LogP contribution in [0.4, 0.5) is 18.9 Å². The predicted molar refractivity (Wildman–Crippen MR) is 107 cm³/mol. The van der Waals surface area contributed by atoms with E-state index in [2.05, 4.69) is 10.3 Å². The number of carbonyl (C=O) groups is 2. The molecule has 1 aromatic heterocycles. The highest BCUT2D eigenvalue weighted by atomic mass is 35.5. The number of carbonyl (C=O) groups excluding carboxylic acids is 2. The lowest BCUT2D eigenvalue weighted by Crippen LogP contribution is -2.23. The molecule has 30 heavy (non-hydrogen) atoms. The van der Waals surface area contributed by atoms with Gasteiger partial charge in [0.1, 0.15) is 0 Å². The lowest BCUT2D eigenvalue weighted by molar-refractivity contribution is -0.137. The van der Waals surface area contributed by atoms with E-state index >= 15 is 0 Å². The fourth-order valence-corrected chi connectivity index (χ4v) is 3.25. The second kappa shape index (κ2) is 8.31. The first-order chi connectivity index (χ1) is 14.1. The van der Waals surface area contributed by atoms with E-state index in [0.29, 0.717) is 22.8 Å². The molecule has 0 unspecified atom stereocenters. The molecule has 0 radical (unpaired) electrons. The summed E-state index contributed by atoms with van der Waals surface area (Å²) in [5, 5.41) is 2.74. The van der Waals surface area contributed by atoms with Gasteiger partial charge in [-0.2, -0.15) is 13.2 Å². The molecule has 1 N–H and O–H groups in total. The molecule has 0 saturated carbocycles. The SMILES string of the molecule is Cc1nc2ccccc2c(C)c1C(=O)OCC(=O)Nc1ccc(Cl)cc1C(F)(F)F. The summed E-state index contributed by atoms with van der Waals surface area (Å²) in [4.78, 5) is 29.0. The summed E-state index contributed by atoms with van der Waals surface area (Å²) in [7, 11) is 0. The minimum atomic E-state index is -4.71. The first-order valence-corrected chi connectivity index (χ1v) is 9.15. The molecule has 3 rings (SSSR count). The van der Waals surface area contributed by atoms with Gasteiger partial charge < -0.3 is 10.1 Å². The van der Waals surface area contributed by atoms with Gasteiger partial charge in [0.15, 0.2) is 6.61 Å². The molecule has 0 saturated heterocycles. The van der Waals surface area contributed by atoms with Gasteiger partial charge in [0.2, 0.25) is 0 Å². The summed E-state index contributed by atoms with van der Waals surface area (Å²) in [5.41, 5.74) is 0.412. The molecule has 3 aromatic rings. The summed E-state index contributed by atoms with van der Waals surface area (Å²) < 4.78 is 44.4. The van der Waals surface area contributed by atoms with Crippen molar-refractivity contribution in [2.45, 2.75) is 20.0 Å². The maximum atomic E-state index is 13.1. The number of aromatic nitrogens is 1. The predicted octanol–water partition coefficient (Wildman–Crippen LogP) is 5.32.